The Kier molecular flexibility index (Phi) is 5.82. The number of carbonyl (C=O) groups excluding carboxylic acids is 1. The molecule has 1 amide bonds. The zero-order chi connectivity index (χ0) is 15.2. The third-order valence-electron chi connectivity index (χ3n) is 2.77. The van der Waals surface area contributed by atoms with Gasteiger partial charge in [-0.25, -0.2) is 0 Å². The molecule has 5 heteroatoms. The maximum Gasteiger partial charge on any atom is 0.251 e. The molecule has 1 N–H and O–H groups in total. The molecule has 0 aliphatic heterocycles. The molecule has 0 unspecified atom stereocenters. The molecule has 0 aliphatic carbocycles. The molecule has 1 aromatic carbocycles. The van der Waals surface area contributed by atoms with Crippen molar-refractivity contribution < 1.29 is 9.53 Å². The van der Waals surface area contributed by atoms with Gasteiger partial charge in [-0.2, -0.15) is 0 Å². The fourth-order valence-electron chi connectivity index (χ4n) is 1.70. The van der Waals surface area contributed by atoms with Crippen molar-refractivity contribution in [3.8, 4) is 5.75 Å². The van der Waals surface area contributed by atoms with Crippen LogP contribution in [0.1, 0.15) is 29.1 Å². The van der Waals surface area contributed by atoms with Crippen LogP contribution in [-0.2, 0) is 6.54 Å². The van der Waals surface area contributed by atoms with E-state index in [4.69, 9.17) is 4.74 Å². The van der Waals surface area contributed by atoms with Crippen molar-refractivity contribution in [1.29, 1.82) is 0 Å². The van der Waals surface area contributed by atoms with Crippen molar-refractivity contribution >= 4 is 33.2 Å². The molecular weight excluding hydrogens is 350 g/mol. The Bertz CT molecular complexity index is 596. The minimum absolute atomic E-state index is 0.0838. The molecule has 21 heavy (non-hydrogen) atoms. The highest BCUT2D eigenvalue weighted by Crippen LogP contribution is 2.26. The number of benzene rings is 1. The van der Waals surface area contributed by atoms with E-state index in [1.807, 2.05) is 23.6 Å². The van der Waals surface area contributed by atoms with Crippen molar-refractivity contribution in [3.63, 3.8) is 0 Å². The summed E-state index contributed by atoms with van der Waals surface area (Å²) in [5, 5.41) is 4.91. The highest BCUT2D eigenvalue weighted by Gasteiger charge is 2.09. The van der Waals surface area contributed by atoms with Crippen LogP contribution in [0, 0.1) is 5.92 Å². The molecule has 0 atom stereocenters. The SMILES string of the molecule is CC(C)COc1ccc(C(=O)NCc2cccs2)cc1Br. The number of amides is 1. The van der Waals surface area contributed by atoms with Gasteiger partial charge in [0.15, 0.2) is 0 Å². The molecule has 2 aromatic rings. The molecule has 2 rings (SSSR count). The van der Waals surface area contributed by atoms with E-state index >= 15 is 0 Å². The Morgan fingerprint density at radius 1 is 1.38 bits per heavy atom. The van der Waals surface area contributed by atoms with Gasteiger partial charge in [-0.1, -0.05) is 19.9 Å². The molecule has 1 aromatic heterocycles. The smallest absolute Gasteiger partial charge is 0.251 e. The van der Waals surface area contributed by atoms with Crippen LogP contribution < -0.4 is 10.1 Å². The number of nitrogens with one attached hydrogen (secondary N) is 1. The summed E-state index contributed by atoms with van der Waals surface area (Å²) in [6.45, 7) is 5.41. The third kappa shape index (κ3) is 4.86. The van der Waals surface area contributed by atoms with Gasteiger partial charge in [-0.3, -0.25) is 4.79 Å². The lowest BCUT2D eigenvalue weighted by molar-refractivity contribution is 0.0951. The Balaban J connectivity index is 1.96. The molecule has 0 aliphatic rings. The van der Waals surface area contributed by atoms with Crippen molar-refractivity contribution in [2.24, 2.45) is 5.92 Å². The van der Waals surface area contributed by atoms with Gasteiger partial charge in [0.1, 0.15) is 5.75 Å². The van der Waals surface area contributed by atoms with Gasteiger partial charge in [0.25, 0.3) is 5.91 Å². The summed E-state index contributed by atoms with van der Waals surface area (Å²) in [6, 6.07) is 9.38. The number of halogens is 1. The molecule has 3 nitrogen and oxygen atoms in total. The highest BCUT2D eigenvalue weighted by atomic mass is 79.9. The van der Waals surface area contributed by atoms with Crippen molar-refractivity contribution in [2.45, 2.75) is 20.4 Å². The molecule has 0 saturated carbocycles. The lowest BCUT2D eigenvalue weighted by atomic mass is 10.2. The first-order chi connectivity index (χ1) is 10.1. The topological polar surface area (TPSA) is 38.3 Å². The molecule has 0 fully saturated rings. The van der Waals surface area contributed by atoms with Crippen LogP contribution in [0.15, 0.2) is 40.2 Å². The van der Waals surface area contributed by atoms with Gasteiger partial charge in [0.05, 0.1) is 17.6 Å². The summed E-state index contributed by atoms with van der Waals surface area (Å²) >= 11 is 5.08. The number of hydrogen-bond acceptors (Lipinski definition) is 3. The molecular formula is C16H18BrNO2S. The van der Waals surface area contributed by atoms with Crippen LogP contribution in [0.5, 0.6) is 5.75 Å². The number of thiophene rings is 1. The quantitative estimate of drug-likeness (QED) is 0.817. The third-order valence-corrected chi connectivity index (χ3v) is 4.27. The van der Waals surface area contributed by atoms with E-state index in [9.17, 15) is 4.79 Å². The van der Waals surface area contributed by atoms with Gasteiger partial charge in [0.2, 0.25) is 0 Å². The summed E-state index contributed by atoms with van der Waals surface area (Å²) < 4.78 is 6.47. The van der Waals surface area contributed by atoms with E-state index in [-0.39, 0.29) is 5.91 Å². The minimum atomic E-state index is -0.0838. The highest BCUT2D eigenvalue weighted by molar-refractivity contribution is 9.10. The zero-order valence-corrected chi connectivity index (χ0v) is 14.5. The zero-order valence-electron chi connectivity index (χ0n) is 12.1. The van der Waals surface area contributed by atoms with Gasteiger partial charge >= 0.3 is 0 Å². The average molecular weight is 368 g/mol. The summed E-state index contributed by atoms with van der Waals surface area (Å²) in [5.74, 6) is 1.14. The van der Waals surface area contributed by atoms with Crippen molar-refractivity contribution in [1.82, 2.24) is 5.32 Å². The maximum absolute atomic E-state index is 12.1. The van der Waals surface area contributed by atoms with Crippen LogP contribution in [0.25, 0.3) is 0 Å². The Morgan fingerprint density at radius 2 is 2.19 bits per heavy atom. The fraction of sp³-hybridized carbons (Fsp3) is 0.312. The van der Waals surface area contributed by atoms with Crippen molar-refractivity contribution in [3.05, 3.63) is 50.6 Å². The fourth-order valence-corrected chi connectivity index (χ4v) is 2.84. The van der Waals surface area contributed by atoms with Crippen LogP contribution in [0.2, 0.25) is 0 Å². The predicted octanol–water partition coefficient (Wildman–Crippen LogP) is 4.48. The van der Waals surface area contributed by atoms with Crippen molar-refractivity contribution in [2.75, 3.05) is 6.61 Å². The van der Waals surface area contributed by atoms with Crippen LogP contribution >= 0.6 is 27.3 Å². The van der Waals surface area contributed by atoms with E-state index in [1.165, 1.54) is 0 Å². The van der Waals surface area contributed by atoms with E-state index in [2.05, 4.69) is 35.1 Å². The first-order valence-electron chi connectivity index (χ1n) is 6.79. The standard InChI is InChI=1S/C16H18BrNO2S/c1-11(2)10-20-15-6-5-12(8-14(15)17)16(19)18-9-13-4-3-7-21-13/h3-8,11H,9-10H2,1-2H3,(H,18,19). The molecule has 0 spiro atoms. The van der Waals surface area contributed by atoms with E-state index in [0.717, 1.165) is 15.1 Å². The summed E-state index contributed by atoms with van der Waals surface area (Å²) in [4.78, 5) is 13.2. The second-order valence-corrected chi connectivity index (χ2v) is 7.00. The van der Waals surface area contributed by atoms with Gasteiger partial charge in [-0.05, 0) is 51.5 Å². The van der Waals surface area contributed by atoms with E-state index < -0.39 is 0 Å². The summed E-state index contributed by atoms with van der Waals surface area (Å²) in [7, 11) is 0. The Labute approximate surface area is 137 Å². The molecule has 1 heterocycles. The first kappa shape index (κ1) is 16.0. The van der Waals surface area contributed by atoms with Crippen LogP contribution in [0.3, 0.4) is 0 Å². The predicted molar refractivity (Wildman–Crippen MR) is 90.0 cm³/mol. The Morgan fingerprint density at radius 3 is 2.81 bits per heavy atom. The molecule has 0 radical (unpaired) electrons. The lowest BCUT2D eigenvalue weighted by Crippen LogP contribution is -2.22. The second kappa shape index (κ2) is 7.61. The van der Waals surface area contributed by atoms with Gasteiger partial charge in [0, 0.05) is 10.4 Å². The number of rotatable bonds is 6. The van der Waals surface area contributed by atoms with Gasteiger partial charge in [-0.15, -0.1) is 11.3 Å². The minimum Gasteiger partial charge on any atom is -0.492 e. The number of ether oxygens (including phenoxy) is 1. The normalized spacial score (nSPS) is 10.7. The Hall–Kier alpha value is -1.33. The van der Waals surface area contributed by atoms with Gasteiger partial charge < -0.3 is 10.1 Å². The van der Waals surface area contributed by atoms with E-state index in [0.29, 0.717) is 24.6 Å². The second-order valence-electron chi connectivity index (χ2n) is 5.11. The van der Waals surface area contributed by atoms with Crippen LogP contribution in [0.4, 0.5) is 0 Å². The monoisotopic (exact) mass is 367 g/mol. The van der Waals surface area contributed by atoms with E-state index in [1.54, 1.807) is 23.5 Å². The lowest BCUT2D eigenvalue weighted by Gasteiger charge is -2.11. The average Bonchev–Trinajstić information content (AvgIpc) is 2.96. The summed E-state index contributed by atoms with van der Waals surface area (Å²) in [5.41, 5.74) is 0.621. The number of hydrogen-bond donors (Lipinski definition) is 1. The molecule has 0 bridgehead atoms. The van der Waals surface area contributed by atoms with Crippen LogP contribution in [-0.4, -0.2) is 12.5 Å². The largest absolute Gasteiger partial charge is 0.492 e. The first-order valence-corrected chi connectivity index (χ1v) is 8.46. The number of carbonyl (C=O) groups is 1. The molecule has 112 valence electrons. The molecule has 0 saturated heterocycles. The summed E-state index contributed by atoms with van der Waals surface area (Å²) in [6.07, 6.45) is 0. The maximum atomic E-state index is 12.1.